The van der Waals surface area contributed by atoms with Crippen molar-refractivity contribution >= 4 is 11.6 Å². The van der Waals surface area contributed by atoms with Crippen LogP contribution in [0.1, 0.15) is 45.2 Å². The highest BCUT2D eigenvalue weighted by Crippen LogP contribution is 2.42. The molecule has 1 unspecified atom stereocenters. The molecule has 0 radical (unpaired) electrons. The summed E-state index contributed by atoms with van der Waals surface area (Å²) in [6, 6.07) is 0. The first-order valence-electron chi connectivity index (χ1n) is 5.98. The van der Waals surface area contributed by atoms with E-state index in [2.05, 4.69) is 12.0 Å². The Morgan fingerprint density at radius 2 is 2.31 bits per heavy atom. The third-order valence-electron chi connectivity index (χ3n) is 3.12. The van der Waals surface area contributed by atoms with Crippen molar-refractivity contribution in [3.8, 4) is 0 Å². The Bertz CT molecular complexity index is 369. The zero-order chi connectivity index (χ0) is 11.8. The number of aromatic nitrogens is 2. The molecule has 1 aliphatic rings. The van der Waals surface area contributed by atoms with E-state index in [0.717, 1.165) is 25.1 Å². The number of aryl methyl sites for hydroxylation is 1. The molecule has 1 saturated carbocycles. The molecule has 0 aromatic carbocycles. The highest BCUT2D eigenvalue weighted by Gasteiger charge is 2.36. The lowest BCUT2D eigenvalue weighted by molar-refractivity contribution is 0.0325. The molecule has 1 fully saturated rings. The van der Waals surface area contributed by atoms with E-state index < -0.39 is 5.60 Å². The standard InChI is InChI=1S/C12H19ClN2O/c1-3-6-15-11(10(13)8-14-15)12(2,16)7-9-4-5-9/h8-9,16H,3-7H2,1-2H3. The summed E-state index contributed by atoms with van der Waals surface area (Å²) in [5.41, 5.74) is -0.0629. The molecule has 4 heteroatoms. The minimum atomic E-state index is -0.843. The first kappa shape index (κ1) is 11.9. The average Bonchev–Trinajstić information content (AvgIpc) is 2.89. The first-order valence-corrected chi connectivity index (χ1v) is 6.36. The van der Waals surface area contributed by atoms with Gasteiger partial charge in [0.05, 0.1) is 16.9 Å². The molecule has 90 valence electrons. The van der Waals surface area contributed by atoms with E-state index in [1.807, 2.05) is 11.6 Å². The van der Waals surface area contributed by atoms with E-state index in [1.54, 1.807) is 6.20 Å². The second kappa shape index (κ2) is 4.38. The fourth-order valence-corrected chi connectivity index (χ4v) is 2.60. The molecule has 0 bridgehead atoms. The largest absolute Gasteiger partial charge is 0.384 e. The fraction of sp³-hybridized carbons (Fsp3) is 0.750. The minimum absolute atomic E-state index is 0.583. The normalized spacial score (nSPS) is 19.8. The molecule has 1 atom stereocenters. The topological polar surface area (TPSA) is 38.0 Å². The Morgan fingerprint density at radius 1 is 1.62 bits per heavy atom. The Labute approximate surface area is 101 Å². The van der Waals surface area contributed by atoms with Crippen molar-refractivity contribution in [1.82, 2.24) is 9.78 Å². The van der Waals surface area contributed by atoms with Gasteiger partial charge in [-0.25, -0.2) is 0 Å². The van der Waals surface area contributed by atoms with Crippen LogP contribution in [0.2, 0.25) is 5.02 Å². The van der Waals surface area contributed by atoms with Gasteiger partial charge in [0.15, 0.2) is 0 Å². The van der Waals surface area contributed by atoms with Crippen molar-refractivity contribution in [2.75, 3.05) is 0 Å². The van der Waals surface area contributed by atoms with Crippen LogP contribution in [-0.4, -0.2) is 14.9 Å². The van der Waals surface area contributed by atoms with Gasteiger partial charge in [0, 0.05) is 6.54 Å². The predicted octanol–water partition coefficient (Wildman–Crippen LogP) is 2.95. The third-order valence-corrected chi connectivity index (χ3v) is 3.40. The summed E-state index contributed by atoms with van der Waals surface area (Å²) in [5.74, 6) is 0.663. The van der Waals surface area contributed by atoms with Crippen LogP contribution in [0.4, 0.5) is 0 Å². The van der Waals surface area contributed by atoms with Gasteiger partial charge in [-0.15, -0.1) is 0 Å². The number of nitrogens with zero attached hydrogens (tertiary/aromatic N) is 2. The van der Waals surface area contributed by atoms with Crippen LogP contribution in [0.3, 0.4) is 0 Å². The molecule has 0 spiro atoms. The number of aliphatic hydroxyl groups is 1. The molecule has 0 saturated heterocycles. The molecule has 0 amide bonds. The van der Waals surface area contributed by atoms with Crippen LogP contribution in [-0.2, 0) is 12.1 Å². The van der Waals surface area contributed by atoms with Crippen LogP contribution in [0, 0.1) is 5.92 Å². The monoisotopic (exact) mass is 242 g/mol. The third kappa shape index (κ3) is 2.41. The van der Waals surface area contributed by atoms with Gasteiger partial charge in [-0.2, -0.15) is 5.10 Å². The molecule has 0 aliphatic heterocycles. The SMILES string of the molecule is CCCn1ncc(Cl)c1C(C)(O)CC1CC1. The van der Waals surface area contributed by atoms with Crippen molar-refractivity contribution in [3.05, 3.63) is 16.9 Å². The summed E-state index contributed by atoms with van der Waals surface area (Å²) in [5, 5.41) is 15.3. The van der Waals surface area contributed by atoms with Gasteiger partial charge in [0.2, 0.25) is 0 Å². The maximum atomic E-state index is 10.5. The van der Waals surface area contributed by atoms with Gasteiger partial charge in [0.1, 0.15) is 5.60 Å². The summed E-state index contributed by atoms with van der Waals surface area (Å²) >= 11 is 6.13. The number of halogens is 1. The average molecular weight is 243 g/mol. The summed E-state index contributed by atoms with van der Waals surface area (Å²) < 4.78 is 1.84. The fourth-order valence-electron chi connectivity index (χ4n) is 2.26. The van der Waals surface area contributed by atoms with Crippen LogP contribution in [0.15, 0.2) is 6.20 Å². The van der Waals surface area contributed by atoms with Crippen molar-refractivity contribution in [2.45, 2.75) is 51.7 Å². The number of rotatable bonds is 5. The van der Waals surface area contributed by atoms with E-state index >= 15 is 0 Å². The van der Waals surface area contributed by atoms with E-state index in [9.17, 15) is 5.11 Å². The van der Waals surface area contributed by atoms with Crippen molar-refractivity contribution in [1.29, 1.82) is 0 Å². The van der Waals surface area contributed by atoms with Crippen LogP contribution >= 0.6 is 11.6 Å². The van der Waals surface area contributed by atoms with Gasteiger partial charge in [0.25, 0.3) is 0 Å². The maximum absolute atomic E-state index is 10.5. The molecule has 1 aromatic rings. The predicted molar refractivity (Wildman–Crippen MR) is 64.4 cm³/mol. The van der Waals surface area contributed by atoms with Gasteiger partial charge in [-0.05, 0) is 25.7 Å². The van der Waals surface area contributed by atoms with Crippen LogP contribution in [0.5, 0.6) is 0 Å². The molecular weight excluding hydrogens is 224 g/mol. The lowest BCUT2D eigenvalue weighted by atomic mass is 9.95. The van der Waals surface area contributed by atoms with Gasteiger partial charge >= 0.3 is 0 Å². The lowest BCUT2D eigenvalue weighted by Crippen LogP contribution is -2.26. The minimum Gasteiger partial charge on any atom is -0.384 e. The van der Waals surface area contributed by atoms with Crippen LogP contribution < -0.4 is 0 Å². The van der Waals surface area contributed by atoms with Gasteiger partial charge < -0.3 is 5.11 Å². The first-order chi connectivity index (χ1) is 7.54. The number of hydrogen-bond donors (Lipinski definition) is 1. The van der Waals surface area contributed by atoms with E-state index in [-0.39, 0.29) is 0 Å². The maximum Gasteiger partial charge on any atom is 0.105 e. The summed E-state index contributed by atoms with van der Waals surface area (Å²) in [6.45, 7) is 4.75. The molecule has 1 heterocycles. The zero-order valence-electron chi connectivity index (χ0n) is 9.91. The molecule has 16 heavy (non-hydrogen) atoms. The van der Waals surface area contributed by atoms with Crippen LogP contribution in [0.25, 0.3) is 0 Å². The lowest BCUT2D eigenvalue weighted by Gasteiger charge is -2.25. The van der Waals surface area contributed by atoms with Crippen molar-refractivity contribution in [2.24, 2.45) is 5.92 Å². The molecular formula is C12H19ClN2O. The molecule has 1 N–H and O–H groups in total. The molecule has 1 aliphatic carbocycles. The Morgan fingerprint density at radius 3 is 2.88 bits per heavy atom. The van der Waals surface area contributed by atoms with E-state index in [1.165, 1.54) is 12.8 Å². The van der Waals surface area contributed by atoms with Gasteiger partial charge in [-0.1, -0.05) is 31.4 Å². The summed E-state index contributed by atoms with van der Waals surface area (Å²) in [6.07, 6.45) is 5.88. The molecule has 3 nitrogen and oxygen atoms in total. The highest BCUT2D eigenvalue weighted by molar-refractivity contribution is 6.31. The van der Waals surface area contributed by atoms with E-state index in [0.29, 0.717) is 10.9 Å². The Hall–Kier alpha value is -0.540. The molecule has 2 rings (SSSR count). The smallest absolute Gasteiger partial charge is 0.105 e. The van der Waals surface area contributed by atoms with Crippen molar-refractivity contribution < 1.29 is 5.11 Å². The summed E-state index contributed by atoms with van der Waals surface area (Å²) in [4.78, 5) is 0. The van der Waals surface area contributed by atoms with Crippen molar-refractivity contribution in [3.63, 3.8) is 0 Å². The summed E-state index contributed by atoms with van der Waals surface area (Å²) in [7, 11) is 0. The van der Waals surface area contributed by atoms with Gasteiger partial charge in [-0.3, -0.25) is 4.68 Å². The second-order valence-corrected chi connectivity index (χ2v) is 5.39. The molecule has 1 aromatic heterocycles. The Balaban J connectivity index is 2.24. The number of hydrogen-bond acceptors (Lipinski definition) is 2. The Kier molecular flexibility index (Phi) is 3.27. The van der Waals surface area contributed by atoms with E-state index in [4.69, 9.17) is 11.6 Å². The quantitative estimate of drug-likeness (QED) is 0.862. The highest BCUT2D eigenvalue weighted by atomic mass is 35.5. The zero-order valence-corrected chi connectivity index (χ0v) is 10.7. The second-order valence-electron chi connectivity index (χ2n) is 4.99.